The van der Waals surface area contributed by atoms with E-state index in [-0.39, 0.29) is 19.3 Å². The smallest absolute Gasteiger partial charge is 0.147 e. The van der Waals surface area contributed by atoms with Gasteiger partial charge in [-0.25, -0.2) is 4.98 Å². The number of hydrogen-bond acceptors (Lipinski definition) is 4. The summed E-state index contributed by atoms with van der Waals surface area (Å²) in [6.45, 7) is 0.937. The van der Waals surface area contributed by atoms with E-state index in [0.717, 1.165) is 25.8 Å². The summed E-state index contributed by atoms with van der Waals surface area (Å²) in [6, 6.07) is 1.83. The second-order valence-corrected chi connectivity index (χ2v) is 4.74. The standard InChI is InChI=1S/C12H17ClN2O2/c13-11-5-9(7-16)6-14-12(11)15-4-2-1-3-10(15)8-17/h5-6,10,16-17H,1-4,7-8H2. The lowest BCUT2D eigenvalue weighted by Crippen LogP contribution is -2.42. The van der Waals surface area contributed by atoms with Gasteiger partial charge in [-0.05, 0) is 30.9 Å². The van der Waals surface area contributed by atoms with Gasteiger partial charge in [0.15, 0.2) is 0 Å². The highest BCUT2D eigenvalue weighted by atomic mass is 35.5. The number of aromatic nitrogens is 1. The Morgan fingerprint density at radius 1 is 1.41 bits per heavy atom. The van der Waals surface area contributed by atoms with Gasteiger partial charge in [0, 0.05) is 12.7 Å². The van der Waals surface area contributed by atoms with Crippen molar-refractivity contribution in [3.8, 4) is 0 Å². The van der Waals surface area contributed by atoms with E-state index in [9.17, 15) is 5.11 Å². The summed E-state index contributed by atoms with van der Waals surface area (Å²) in [5.74, 6) is 0.711. The summed E-state index contributed by atoms with van der Waals surface area (Å²) in [4.78, 5) is 6.36. The van der Waals surface area contributed by atoms with Gasteiger partial charge in [-0.15, -0.1) is 0 Å². The second-order valence-electron chi connectivity index (χ2n) is 4.33. The van der Waals surface area contributed by atoms with Crippen molar-refractivity contribution in [1.82, 2.24) is 4.98 Å². The normalized spacial score (nSPS) is 20.6. The first kappa shape index (κ1) is 12.6. The van der Waals surface area contributed by atoms with E-state index in [2.05, 4.69) is 9.88 Å². The molecule has 0 saturated carbocycles. The molecule has 0 aliphatic carbocycles. The zero-order valence-electron chi connectivity index (χ0n) is 9.64. The highest BCUT2D eigenvalue weighted by Crippen LogP contribution is 2.29. The molecule has 1 aromatic rings. The molecule has 2 rings (SSSR count). The van der Waals surface area contributed by atoms with Crippen LogP contribution in [0.2, 0.25) is 5.02 Å². The fourth-order valence-electron chi connectivity index (χ4n) is 2.24. The molecule has 1 aliphatic rings. The van der Waals surface area contributed by atoms with Crippen molar-refractivity contribution < 1.29 is 10.2 Å². The number of piperidine rings is 1. The third-order valence-electron chi connectivity index (χ3n) is 3.17. The second kappa shape index (κ2) is 5.67. The Bertz CT molecular complexity index is 387. The molecular formula is C12H17ClN2O2. The van der Waals surface area contributed by atoms with Crippen LogP contribution >= 0.6 is 11.6 Å². The number of rotatable bonds is 3. The number of pyridine rings is 1. The van der Waals surface area contributed by atoms with Crippen molar-refractivity contribution in [3.63, 3.8) is 0 Å². The molecule has 0 amide bonds. The van der Waals surface area contributed by atoms with E-state index in [4.69, 9.17) is 16.7 Å². The lowest BCUT2D eigenvalue weighted by molar-refractivity contribution is 0.239. The first-order valence-electron chi connectivity index (χ1n) is 5.89. The molecule has 1 aliphatic heterocycles. The van der Waals surface area contributed by atoms with Crippen LogP contribution in [0.5, 0.6) is 0 Å². The Labute approximate surface area is 106 Å². The number of aliphatic hydroxyl groups excluding tert-OH is 2. The molecule has 0 bridgehead atoms. The average molecular weight is 257 g/mol. The maximum atomic E-state index is 9.36. The van der Waals surface area contributed by atoms with E-state index in [1.807, 2.05) is 0 Å². The Hall–Kier alpha value is -0.840. The molecule has 1 saturated heterocycles. The summed E-state index contributed by atoms with van der Waals surface area (Å²) >= 11 is 6.17. The van der Waals surface area contributed by atoms with Crippen LogP contribution in [-0.2, 0) is 6.61 Å². The lowest BCUT2D eigenvalue weighted by atomic mass is 10.0. The van der Waals surface area contributed by atoms with Gasteiger partial charge in [0.2, 0.25) is 0 Å². The molecular weight excluding hydrogens is 240 g/mol. The molecule has 4 nitrogen and oxygen atoms in total. The maximum absolute atomic E-state index is 9.36. The van der Waals surface area contributed by atoms with E-state index in [0.29, 0.717) is 16.4 Å². The number of halogens is 1. The van der Waals surface area contributed by atoms with Crippen molar-refractivity contribution in [2.45, 2.75) is 31.9 Å². The average Bonchev–Trinajstić information content (AvgIpc) is 2.38. The molecule has 1 atom stereocenters. The van der Waals surface area contributed by atoms with Gasteiger partial charge < -0.3 is 15.1 Å². The van der Waals surface area contributed by atoms with Gasteiger partial charge in [0.1, 0.15) is 5.82 Å². The first-order chi connectivity index (χ1) is 8.26. The van der Waals surface area contributed by atoms with E-state index in [1.165, 1.54) is 0 Å². The van der Waals surface area contributed by atoms with Gasteiger partial charge in [0.05, 0.1) is 24.3 Å². The fraction of sp³-hybridized carbons (Fsp3) is 0.583. The Morgan fingerprint density at radius 3 is 2.88 bits per heavy atom. The van der Waals surface area contributed by atoms with E-state index in [1.54, 1.807) is 12.3 Å². The van der Waals surface area contributed by atoms with Gasteiger partial charge in [0.25, 0.3) is 0 Å². The molecule has 2 heterocycles. The predicted molar refractivity (Wildman–Crippen MR) is 67.2 cm³/mol. The molecule has 17 heavy (non-hydrogen) atoms. The molecule has 5 heteroatoms. The first-order valence-corrected chi connectivity index (χ1v) is 6.27. The highest BCUT2D eigenvalue weighted by Gasteiger charge is 2.24. The zero-order chi connectivity index (χ0) is 12.3. The third kappa shape index (κ3) is 2.70. The number of aliphatic hydroxyl groups is 2. The maximum Gasteiger partial charge on any atom is 0.147 e. The minimum absolute atomic E-state index is 0.0591. The number of hydrogen-bond donors (Lipinski definition) is 2. The number of nitrogens with zero attached hydrogens (tertiary/aromatic N) is 2. The minimum Gasteiger partial charge on any atom is -0.394 e. The molecule has 0 aromatic carbocycles. The van der Waals surface area contributed by atoms with E-state index >= 15 is 0 Å². The van der Waals surface area contributed by atoms with Crippen LogP contribution in [-0.4, -0.2) is 34.4 Å². The third-order valence-corrected chi connectivity index (χ3v) is 3.45. The Kier molecular flexibility index (Phi) is 4.20. The van der Waals surface area contributed by atoms with Crippen molar-refractivity contribution >= 4 is 17.4 Å². The minimum atomic E-state index is -0.0591. The van der Waals surface area contributed by atoms with Crippen LogP contribution in [0.4, 0.5) is 5.82 Å². The van der Waals surface area contributed by atoms with Crippen LogP contribution in [0.15, 0.2) is 12.3 Å². The monoisotopic (exact) mass is 256 g/mol. The highest BCUT2D eigenvalue weighted by molar-refractivity contribution is 6.33. The van der Waals surface area contributed by atoms with Crippen molar-refractivity contribution in [1.29, 1.82) is 0 Å². The largest absolute Gasteiger partial charge is 0.394 e. The summed E-state index contributed by atoms with van der Waals surface area (Å²) in [6.07, 6.45) is 4.82. The fourth-order valence-corrected chi connectivity index (χ4v) is 2.53. The van der Waals surface area contributed by atoms with Crippen LogP contribution in [0.25, 0.3) is 0 Å². The van der Waals surface area contributed by atoms with Crippen LogP contribution < -0.4 is 4.90 Å². The van der Waals surface area contributed by atoms with Crippen molar-refractivity contribution in [2.75, 3.05) is 18.1 Å². The molecule has 0 spiro atoms. The molecule has 1 unspecified atom stereocenters. The van der Waals surface area contributed by atoms with Crippen molar-refractivity contribution in [2.24, 2.45) is 0 Å². The summed E-state index contributed by atoms with van der Waals surface area (Å²) in [5, 5.41) is 18.9. The molecule has 2 N–H and O–H groups in total. The molecule has 1 aromatic heterocycles. The topological polar surface area (TPSA) is 56.6 Å². The van der Waals surface area contributed by atoms with Gasteiger partial charge in [-0.3, -0.25) is 0 Å². The Morgan fingerprint density at radius 2 is 2.24 bits per heavy atom. The number of anilines is 1. The molecule has 94 valence electrons. The SMILES string of the molecule is OCc1cnc(N2CCCCC2CO)c(Cl)c1. The van der Waals surface area contributed by atoms with Crippen LogP contribution in [0.1, 0.15) is 24.8 Å². The summed E-state index contributed by atoms with van der Waals surface area (Å²) in [5.41, 5.74) is 0.705. The summed E-state index contributed by atoms with van der Waals surface area (Å²) < 4.78 is 0. The van der Waals surface area contributed by atoms with Gasteiger partial charge in [-0.1, -0.05) is 11.6 Å². The van der Waals surface area contributed by atoms with Gasteiger partial charge in [-0.2, -0.15) is 0 Å². The lowest BCUT2D eigenvalue weighted by Gasteiger charge is -2.36. The Balaban J connectivity index is 2.25. The zero-order valence-corrected chi connectivity index (χ0v) is 10.4. The van der Waals surface area contributed by atoms with Crippen molar-refractivity contribution in [3.05, 3.63) is 22.8 Å². The summed E-state index contributed by atoms with van der Waals surface area (Å²) in [7, 11) is 0. The molecule has 1 fully saturated rings. The predicted octanol–water partition coefficient (Wildman–Crippen LogP) is 1.58. The van der Waals surface area contributed by atoms with E-state index < -0.39 is 0 Å². The van der Waals surface area contributed by atoms with Crippen LogP contribution in [0, 0.1) is 0 Å². The molecule has 0 radical (unpaired) electrons. The quantitative estimate of drug-likeness (QED) is 0.862. The van der Waals surface area contributed by atoms with Gasteiger partial charge >= 0.3 is 0 Å². The van der Waals surface area contributed by atoms with Crippen LogP contribution in [0.3, 0.4) is 0 Å².